The van der Waals surface area contributed by atoms with Gasteiger partial charge in [0.05, 0.1) is 17.0 Å². The summed E-state index contributed by atoms with van der Waals surface area (Å²) in [6.45, 7) is 4.95. The quantitative estimate of drug-likeness (QED) is 0.571. The molecule has 1 aliphatic rings. The minimum absolute atomic E-state index is 0.0116. The van der Waals surface area contributed by atoms with Gasteiger partial charge in [0.25, 0.3) is 0 Å². The molecule has 1 aliphatic heterocycles. The molecular formula is C21H26N6O. The largest absolute Gasteiger partial charge is 0.368 e. The molecule has 0 radical (unpaired) electrons. The highest BCUT2D eigenvalue weighted by Crippen LogP contribution is 2.31. The van der Waals surface area contributed by atoms with Crippen molar-refractivity contribution in [1.29, 1.82) is 0 Å². The summed E-state index contributed by atoms with van der Waals surface area (Å²) >= 11 is 0. The Kier molecular flexibility index (Phi) is 5.11. The van der Waals surface area contributed by atoms with E-state index in [0.29, 0.717) is 17.1 Å². The van der Waals surface area contributed by atoms with Gasteiger partial charge in [-0.15, -0.1) is 0 Å². The van der Waals surface area contributed by atoms with Crippen LogP contribution in [0.15, 0.2) is 24.3 Å². The number of carbonyl (C=O) groups excluding carboxylic acids is 1. The number of rotatable bonds is 6. The van der Waals surface area contributed by atoms with Crippen LogP contribution >= 0.6 is 0 Å². The summed E-state index contributed by atoms with van der Waals surface area (Å²) in [5.74, 6) is 1.44. The molecule has 0 saturated carbocycles. The second-order valence-corrected chi connectivity index (χ2v) is 7.45. The molecule has 0 fully saturated rings. The molecule has 7 nitrogen and oxygen atoms in total. The van der Waals surface area contributed by atoms with E-state index >= 15 is 0 Å². The third kappa shape index (κ3) is 3.50. The minimum Gasteiger partial charge on any atom is -0.368 e. The third-order valence-electron chi connectivity index (χ3n) is 5.07. The van der Waals surface area contributed by atoms with Gasteiger partial charge in [-0.05, 0) is 27.1 Å². The number of para-hydroxylation sites is 1. The molecule has 3 heterocycles. The predicted octanol–water partition coefficient (Wildman–Crippen LogP) is 2.45. The number of anilines is 1. The van der Waals surface area contributed by atoms with Crippen molar-refractivity contribution in [2.24, 2.45) is 0 Å². The van der Waals surface area contributed by atoms with Gasteiger partial charge in [-0.1, -0.05) is 18.2 Å². The fourth-order valence-electron chi connectivity index (χ4n) is 3.67. The number of Topliss-reactive ketones (excluding diaryl/α,β-unsaturated/α-hetero) is 1. The summed E-state index contributed by atoms with van der Waals surface area (Å²) in [5.41, 5.74) is 4.45. The number of fused-ring (bicyclic) bond motifs is 2. The van der Waals surface area contributed by atoms with Crippen molar-refractivity contribution in [2.75, 3.05) is 39.0 Å². The summed E-state index contributed by atoms with van der Waals surface area (Å²) in [4.78, 5) is 27.6. The second kappa shape index (κ2) is 7.69. The molecule has 0 saturated heterocycles. The molecule has 146 valence electrons. The Balaban J connectivity index is 1.83. The first-order valence-electron chi connectivity index (χ1n) is 9.65. The number of benzene rings is 1. The van der Waals surface area contributed by atoms with E-state index in [2.05, 4.69) is 20.5 Å². The molecule has 0 unspecified atom stereocenters. The predicted molar refractivity (Wildman–Crippen MR) is 112 cm³/mol. The number of nitrogens with zero attached hydrogens (tertiary/aromatic N) is 3. The zero-order chi connectivity index (χ0) is 19.7. The highest BCUT2D eigenvalue weighted by Gasteiger charge is 2.23. The van der Waals surface area contributed by atoms with E-state index in [-0.39, 0.29) is 5.78 Å². The first-order chi connectivity index (χ1) is 13.5. The number of carbonyl (C=O) groups is 1. The maximum Gasteiger partial charge on any atom is 0.179 e. The molecule has 0 amide bonds. The van der Waals surface area contributed by atoms with Crippen molar-refractivity contribution in [3.05, 3.63) is 41.1 Å². The van der Waals surface area contributed by atoms with E-state index in [9.17, 15) is 4.79 Å². The number of ketones is 1. The van der Waals surface area contributed by atoms with Crippen LogP contribution < -0.4 is 10.6 Å². The van der Waals surface area contributed by atoms with Gasteiger partial charge >= 0.3 is 0 Å². The maximum atomic E-state index is 12.4. The van der Waals surface area contributed by atoms with Gasteiger partial charge in [0, 0.05) is 49.1 Å². The number of aromatic amines is 1. The Morgan fingerprint density at radius 3 is 2.86 bits per heavy atom. The Hall–Kier alpha value is -2.77. The van der Waals surface area contributed by atoms with Gasteiger partial charge in [0.15, 0.2) is 11.6 Å². The number of aromatic nitrogens is 3. The Morgan fingerprint density at radius 1 is 1.25 bits per heavy atom. The summed E-state index contributed by atoms with van der Waals surface area (Å²) < 4.78 is 0. The van der Waals surface area contributed by atoms with Crippen LogP contribution in [-0.4, -0.2) is 59.4 Å². The first-order valence-corrected chi connectivity index (χ1v) is 9.65. The summed E-state index contributed by atoms with van der Waals surface area (Å²) in [6, 6.07) is 7.84. The molecule has 0 bridgehead atoms. The first kappa shape index (κ1) is 18.6. The Bertz CT molecular complexity index is 1020. The number of nitrogens with one attached hydrogen (secondary N) is 3. The van der Waals surface area contributed by atoms with Crippen LogP contribution in [-0.2, 0) is 13.0 Å². The van der Waals surface area contributed by atoms with Gasteiger partial charge in [-0.2, -0.15) is 0 Å². The second-order valence-electron chi connectivity index (χ2n) is 7.45. The van der Waals surface area contributed by atoms with Gasteiger partial charge < -0.3 is 20.5 Å². The summed E-state index contributed by atoms with van der Waals surface area (Å²) in [5, 5.41) is 7.78. The average Bonchev–Trinajstić information content (AvgIpc) is 3.07. The van der Waals surface area contributed by atoms with E-state index in [4.69, 9.17) is 9.97 Å². The van der Waals surface area contributed by atoms with Crippen molar-refractivity contribution in [3.63, 3.8) is 0 Å². The van der Waals surface area contributed by atoms with Crippen LogP contribution in [0.25, 0.3) is 22.4 Å². The van der Waals surface area contributed by atoms with Crippen LogP contribution in [0, 0.1) is 0 Å². The highest BCUT2D eigenvalue weighted by atomic mass is 16.1. The van der Waals surface area contributed by atoms with Crippen molar-refractivity contribution < 1.29 is 4.79 Å². The average molecular weight is 378 g/mol. The fraction of sp³-hybridized carbons (Fsp3) is 0.381. The number of hydrogen-bond donors (Lipinski definition) is 3. The molecule has 1 aromatic carbocycles. The van der Waals surface area contributed by atoms with Crippen LogP contribution in [0.4, 0.5) is 5.82 Å². The monoisotopic (exact) mass is 378 g/mol. The zero-order valence-corrected chi connectivity index (χ0v) is 16.6. The van der Waals surface area contributed by atoms with E-state index in [1.807, 2.05) is 38.4 Å². The lowest BCUT2D eigenvalue weighted by molar-refractivity contribution is 0.102. The molecule has 0 spiro atoms. The molecule has 0 aliphatic carbocycles. The molecule has 2 aromatic heterocycles. The maximum absolute atomic E-state index is 12.4. The molecule has 28 heavy (non-hydrogen) atoms. The normalized spacial score (nSPS) is 13.7. The molecule has 3 aromatic rings. The molecule has 3 N–H and O–H groups in total. The van der Waals surface area contributed by atoms with Gasteiger partial charge in [0.2, 0.25) is 0 Å². The zero-order valence-electron chi connectivity index (χ0n) is 16.6. The van der Waals surface area contributed by atoms with Crippen LogP contribution in [0.3, 0.4) is 0 Å². The topological polar surface area (TPSA) is 85.9 Å². The number of likely N-dealkylation sites (N-methyl/N-ethyl adjacent to an activating group) is 1. The van der Waals surface area contributed by atoms with Crippen molar-refractivity contribution >= 4 is 22.5 Å². The third-order valence-corrected chi connectivity index (χ3v) is 5.07. The Labute approximate surface area is 164 Å². The number of hydrogen-bond acceptors (Lipinski definition) is 6. The lowest BCUT2D eigenvalue weighted by Crippen LogP contribution is -2.28. The highest BCUT2D eigenvalue weighted by molar-refractivity contribution is 6.11. The minimum atomic E-state index is 0.0116. The lowest BCUT2D eigenvalue weighted by atomic mass is 10.1. The van der Waals surface area contributed by atoms with Crippen LogP contribution in [0.1, 0.15) is 28.5 Å². The smallest absolute Gasteiger partial charge is 0.179 e. The lowest BCUT2D eigenvalue weighted by Gasteiger charge is -2.21. The van der Waals surface area contributed by atoms with E-state index in [0.717, 1.165) is 60.6 Å². The van der Waals surface area contributed by atoms with Gasteiger partial charge in [-0.25, -0.2) is 9.97 Å². The van der Waals surface area contributed by atoms with Gasteiger partial charge in [-0.3, -0.25) is 4.79 Å². The van der Waals surface area contributed by atoms with Crippen molar-refractivity contribution in [1.82, 2.24) is 25.2 Å². The Morgan fingerprint density at radius 2 is 2.07 bits per heavy atom. The standard InChI is InChI=1S/C21H26N6O/c1-13(28)18-14-6-4-5-7-16(14)24-19(18)21-25-17-8-9-22-12-15(17)20(26-21)23-10-11-27(2)3/h4-7,22,24H,8-12H2,1-3H3,(H,23,25,26). The van der Waals surface area contributed by atoms with Crippen molar-refractivity contribution in [3.8, 4) is 11.5 Å². The molecular weight excluding hydrogens is 352 g/mol. The van der Waals surface area contributed by atoms with Crippen molar-refractivity contribution in [2.45, 2.75) is 19.9 Å². The molecule has 4 rings (SSSR count). The van der Waals surface area contributed by atoms with Crippen LogP contribution in [0.5, 0.6) is 0 Å². The van der Waals surface area contributed by atoms with E-state index in [1.165, 1.54) is 0 Å². The number of H-pyrrole nitrogens is 1. The van der Waals surface area contributed by atoms with E-state index in [1.54, 1.807) is 6.92 Å². The SMILES string of the molecule is CC(=O)c1c(-c2nc3c(c(NCCN(C)C)n2)CNCC3)[nH]c2ccccc12. The summed E-state index contributed by atoms with van der Waals surface area (Å²) in [7, 11) is 4.10. The molecule has 7 heteroatoms. The van der Waals surface area contributed by atoms with E-state index < -0.39 is 0 Å². The van der Waals surface area contributed by atoms with Crippen LogP contribution in [0.2, 0.25) is 0 Å². The summed E-state index contributed by atoms with van der Waals surface area (Å²) in [6.07, 6.45) is 0.850. The molecule has 0 atom stereocenters. The van der Waals surface area contributed by atoms with Gasteiger partial charge in [0.1, 0.15) is 5.82 Å². The fourth-order valence-corrected chi connectivity index (χ4v) is 3.67.